The SMILES string of the molecule is NN=C(N)OCc1ccccc1. The van der Waals surface area contributed by atoms with E-state index in [1.165, 1.54) is 0 Å². The number of rotatable bonds is 2. The third-order valence-corrected chi connectivity index (χ3v) is 1.36. The number of hydrogen-bond donors (Lipinski definition) is 2. The zero-order chi connectivity index (χ0) is 8.81. The molecule has 0 spiro atoms. The largest absolute Gasteiger partial charge is 0.459 e. The summed E-state index contributed by atoms with van der Waals surface area (Å²) in [6, 6.07) is 9.65. The van der Waals surface area contributed by atoms with Gasteiger partial charge in [-0.3, -0.25) is 0 Å². The second kappa shape index (κ2) is 4.23. The molecular formula is C8H11N3O. The van der Waals surface area contributed by atoms with Gasteiger partial charge in [-0.1, -0.05) is 30.3 Å². The Kier molecular flexibility index (Phi) is 2.95. The van der Waals surface area contributed by atoms with Crippen molar-refractivity contribution in [1.29, 1.82) is 0 Å². The quantitative estimate of drug-likeness (QED) is 0.288. The van der Waals surface area contributed by atoms with Crippen LogP contribution in [0, 0.1) is 0 Å². The third kappa shape index (κ3) is 2.49. The van der Waals surface area contributed by atoms with Gasteiger partial charge in [-0.15, -0.1) is 5.10 Å². The fourth-order valence-electron chi connectivity index (χ4n) is 0.769. The number of ether oxygens (including phenoxy) is 1. The lowest BCUT2D eigenvalue weighted by Crippen LogP contribution is -2.17. The minimum absolute atomic E-state index is 0.00106. The highest BCUT2D eigenvalue weighted by molar-refractivity contribution is 5.70. The van der Waals surface area contributed by atoms with Crippen molar-refractivity contribution in [3.8, 4) is 0 Å². The first-order valence-corrected chi connectivity index (χ1v) is 3.53. The molecule has 0 bridgehead atoms. The summed E-state index contributed by atoms with van der Waals surface area (Å²) in [5.41, 5.74) is 6.26. The number of hydrazone groups is 1. The predicted molar refractivity (Wildman–Crippen MR) is 47.0 cm³/mol. The normalized spacial score (nSPS) is 11.2. The molecule has 0 aliphatic heterocycles. The van der Waals surface area contributed by atoms with E-state index in [0.29, 0.717) is 6.61 Å². The summed E-state index contributed by atoms with van der Waals surface area (Å²) < 4.78 is 4.98. The number of hydrogen-bond acceptors (Lipinski definition) is 3. The topological polar surface area (TPSA) is 73.6 Å². The molecule has 1 aromatic carbocycles. The van der Waals surface area contributed by atoms with Crippen LogP contribution in [0.15, 0.2) is 35.4 Å². The Labute approximate surface area is 70.8 Å². The minimum atomic E-state index is -0.00106. The van der Waals surface area contributed by atoms with Crippen molar-refractivity contribution in [2.75, 3.05) is 0 Å². The predicted octanol–water partition coefficient (Wildman–Crippen LogP) is 0.392. The number of nitrogens with two attached hydrogens (primary N) is 2. The van der Waals surface area contributed by atoms with Gasteiger partial charge in [-0.2, -0.15) is 0 Å². The maximum atomic E-state index is 5.22. The van der Waals surface area contributed by atoms with Gasteiger partial charge >= 0.3 is 6.02 Å². The van der Waals surface area contributed by atoms with Crippen molar-refractivity contribution >= 4 is 6.02 Å². The van der Waals surface area contributed by atoms with Gasteiger partial charge in [0.15, 0.2) is 0 Å². The van der Waals surface area contributed by atoms with Gasteiger partial charge in [0, 0.05) is 0 Å². The van der Waals surface area contributed by atoms with Crippen LogP contribution in [0.2, 0.25) is 0 Å². The molecule has 12 heavy (non-hydrogen) atoms. The summed E-state index contributed by atoms with van der Waals surface area (Å²) in [5, 5.41) is 3.18. The summed E-state index contributed by atoms with van der Waals surface area (Å²) in [6.45, 7) is 0.396. The highest BCUT2D eigenvalue weighted by atomic mass is 16.5. The lowest BCUT2D eigenvalue weighted by Gasteiger charge is -2.02. The lowest BCUT2D eigenvalue weighted by atomic mass is 10.2. The van der Waals surface area contributed by atoms with Crippen LogP contribution in [0.1, 0.15) is 5.56 Å². The van der Waals surface area contributed by atoms with Crippen LogP contribution in [-0.4, -0.2) is 6.02 Å². The van der Waals surface area contributed by atoms with E-state index in [0.717, 1.165) is 5.56 Å². The average molecular weight is 165 g/mol. The van der Waals surface area contributed by atoms with Crippen LogP contribution < -0.4 is 11.6 Å². The molecule has 0 saturated heterocycles. The molecule has 0 aliphatic rings. The summed E-state index contributed by atoms with van der Waals surface area (Å²) >= 11 is 0. The molecule has 4 heteroatoms. The van der Waals surface area contributed by atoms with E-state index in [2.05, 4.69) is 5.10 Å². The standard InChI is InChI=1S/C8H11N3O/c9-8(11-10)12-6-7-4-2-1-3-5-7/h1-5H,6,10H2,(H2,9,11). The molecule has 0 heterocycles. The Balaban J connectivity index is 2.44. The van der Waals surface area contributed by atoms with E-state index in [9.17, 15) is 0 Å². The summed E-state index contributed by atoms with van der Waals surface area (Å²) in [7, 11) is 0. The van der Waals surface area contributed by atoms with E-state index in [4.69, 9.17) is 16.3 Å². The van der Waals surface area contributed by atoms with Crippen LogP contribution in [0.3, 0.4) is 0 Å². The van der Waals surface area contributed by atoms with Gasteiger partial charge in [0.25, 0.3) is 0 Å². The van der Waals surface area contributed by atoms with E-state index in [1.807, 2.05) is 30.3 Å². The summed E-state index contributed by atoms with van der Waals surface area (Å²) in [6.07, 6.45) is 0. The Morgan fingerprint density at radius 1 is 1.33 bits per heavy atom. The molecule has 1 rings (SSSR count). The van der Waals surface area contributed by atoms with Crippen LogP contribution in [0.4, 0.5) is 0 Å². The molecule has 0 unspecified atom stereocenters. The Morgan fingerprint density at radius 2 is 2.00 bits per heavy atom. The highest BCUT2D eigenvalue weighted by Crippen LogP contribution is 1.99. The van der Waals surface area contributed by atoms with Crippen molar-refractivity contribution in [1.82, 2.24) is 0 Å². The summed E-state index contributed by atoms with van der Waals surface area (Å²) in [4.78, 5) is 0. The molecule has 4 N–H and O–H groups in total. The zero-order valence-electron chi connectivity index (χ0n) is 6.60. The number of amidine groups is 1. The van der Waals surface area contributed by atoms with Crippen LogP contribution >= 0.6 is 0 Å². The van der Waals surface area contributed by atoms with Gasteiger partial charge in [0.05, 0.1) is 0 Å². The van der Waals surface area contributed by atoms with Gasteiger partial charge in [-0.25, -0.2) is 0 Å². The van der Waals surface area contributed by atoms with E-state index in [1.54, 1.807) is 0 Å². The molecule has 0 saturated carbocycles. The molecule has 64 valence electrons. The average Bonchev–Trinajstić information content (AvgIpc) is 2.16. The minimum Gasteiger partial charge on any atom is -0.459 e. The van der Waals surface area contributed by atoms with Crippen molar-refractivity contribution in [3.05, 3.63) is 35.9 Å². The molecule has 0 aliphatic carbocycles. The number of nitrogens with zero attached hydrogens (tertiary/aromatic N) is 1. The van der Waals surface area contributed by atoms with E-state index in [-0.39, 0.29) is 6.02 Å². The third-order valence-electron chi connectivity index (χ3n) is 1.36. The molecule has 0 fully saturated rings. The molecular weight excluding hydrogens is 154 g/mol. The van der Waals surface area contributed by atoms with Crippen molar-refractivity contribution in [2.24, 2.45) is 16.7 Å². The lowest BCUT2D eigenvalue weighted by molar-refractivity contribution is 0.286. The maximum Gasteiger partial charge on any atom is 0.303 e. The van der Waals surface area contributed by atoms with E-state index < -0.39 is 0 Å². The first kappa shape index (κ1) is 8.39. The van der Waals surface area contributed by atoms with Crippen LogP contribution in [0.25, 0.3) is 0 Å². The smallest absolute Gasteiger partial charge is 0.303 e. The van der Waals surface area contributed by atoms with Gasteiger partial charge in [0.1, 0.15) is 6.61 Å². The van der Waals surface area contributed by atoms with Crippen molar-refractivity contribution in [2.45, 2.75) is 6.61 Å². The zero-order valence-corrected chi connectivity index (χ0v) is 6.60. The molecule has 0 amide bonds. The van der Waals surface area contributed by atoms with Crippen LogP contribution in [-0.2, 0) is 11.3 Å². The molecule has 4 nitrogen and oxygen atoms in total. The van der Waals surface area contributed by atoms with Gasteiger partial charge in [0.2, 0.25) is 0 Å². The first-order valence-electron chi connectivity index (χ1n) is 3.53. The van der Waals surface area contributed by atoms with Gasteiger partial charge < -0.3 is 16.3 Å². The van der Waals surface area contributed by atoms with Gasteiger partial charge in [-0.05, 0) is 5.56 Å². The Bertz CT molecular complexity index is 258. The second-order valence-electron chi connectivity index (χ2n) is 2.24. The molecule has 0 radical (unpaired) electrons. The molecule has 1 aromatic rings. The first-order chi connectivity index (χ1) is 5.83. The Hall–Kier alpha value is -1.71. The molecule has 0 atom stereocenters. The fraction of sp³-hybridized carbons (Fsp3) is 0.125. The molecule has 0 aromatic heterocycles. The van der Waals surface area contributed by atoms with Crippen molar-refractivity contribution in [3.63, 3.8) is 0 Å². The maximum absolute atomic E-state index is 5.22. The van der Waals surface area contributed by atoms with Crippen molar-refractivity contribution < 1.29 is 4.74 Å². The second-order valence-corrected chi connectivity index (χ2v) is 2.24. The fourth-order valence-corrected chi connectivity index (χ4v) is 0.769. The number of benzene rings is 1. The Morgan fingerprint density at radius 3 is 2.58 bits per heavy atom. The summed E-state index contributed by atoms with van der Waals surface area (Å²) in [5.74, 6) is 4.87. The monoisotopic (exact) mass is 165 g/mol. The van der Waals surface area contributed by atoms with Crippen LogP contribution in [0.5, 0.6) is 0 Å². The highest BCUT2D eigenvalue weighted by Gasteiger charge is 1.93. The van der Waals surface area contributed by atoms with E-state index >= 15 is 0 Å².